The number of benzene rings is 2. The summed E-state index contributed by atoms with van der Waals surface area (Å²) in [7, 11) is 0. The van der Waals surface area contributed by atoms with E-state index in [0.717, 1.165) is 38.8 Å². The number of nitrogens with one attached hydrogen (secondary N) is 1. The van der Waals surface area contributed by atoms with Crippen LogP contribution >= 0.6 is 0 Å². The Morgan fingerprint density at radius 1 is 0.970 bits per heavy atom. The summed E-state index contributed by atoms with van der Waals surface area (Å²) in [6.45, 7) is 7.44. The van der Waals surface area contributed by atoms with Crippen molar-refractivity contribution in [2.75, 3.05) is 32.7 Å². The number of likely N-dealkylation sites (tertiary alicyclic amines) is 2. The molecule has 2 heterocycles. The summed E-state index contributed by atoms with van der Waals surface area (Å²) in [6, 6.07) is 19.1. The SMILES string of the molecule is CCNC(=O)N1CC(C(=O)N2CCC(Cc3ccccc3)CC2)CC(c2cccc(C)c2)C1. The van der Waals surface area contributed by atoms with Crippen molar-refractivity contribution in [3.8, 4) is 0 Å². The van der Waals surface area contributed by atoms with Crippen LogP contribution in [0.2, 0.25) is 0 Å². The van der Waals surface area contributed by atoms with Crippen LogP contribution < -0.4 is 5.32 Å². The normalized spacial score (nSPS) is 21.6. The fraction of sp³-hybridized carbons (Fsp3) is 0.500. The van der Waals surface area contributed by atoms with Crippen LogP contribution in [-0.4, -0.2) is 54.5 Å². The molecule has 2 fully saturated rings. The molecular weight excluding hydrogens is 410 g/mol. The first-order chi connectivity index (χ1) is 16.0. The summed E-state index contributed by atoms with van der Waals surface area (Å²) >= 11 is 0. The molecule has 2 aromatic rings. The van der Waals surface area contributed by atoms with E-state index in [1.165, 1.54) is 16.7 Å². The van der Waals surface area contributed by atoms with E-state index < -0.39 is 0 Å². The number of nitrogens with zero attached hydrogens (tertiary/aromatic N) is 2. The lowest BCUT2D eigenvalue weighted by Gasteiger charge is -2.40. The molecule has 4 rings (SSSR count). The third-order valence-corrected chi connectivity index (χ3v) is 7.22. The molecule has 2 aliphatic heterocycles. The lowest BCUT2D eigenvalue weighted by atomic mass is 9.82. The van der Waals surface area contributed by atoms with E-state index in [1.807, 2.05) is 11.8 Å². The molecule has 176 valence electrons. The smallest absolute Gasteiger partial charge is 0.317 e. The van der Waals surface area contributed by atoms with Crippen molar-refractivity contribution < 1.29 is 9.59 Å². The van der Waals surface area contributed by atoms with Gasteiger partial charge in [-0.05, 0) is 56.6 Å². The first-order valence-corrected chi connectivity index (χ1v) is 12.5. The van der Waals surface area contributed by atoms with Crippen molar-refractivity contribution in [1.29, 1.82) is 0 Å². The molecule has 0 aliphatic carbocycles. The average molecular weight is 448 g/mol. The van der Waals surface area contributed by atoms with Crippen molar-refractivity contribution in [2.45, 2.75) is 45.4 Å². The predicted molar refractivity (Wildman–Crippen MR) is 132 cm³/mol. The number of rotatable bonds is 5. The van der Waals surface area contributed by atoms with E-state index in [1.54, 1.807) is 0 Å². The number of carbonyl (C=O) groups excluding carboxylic acids is 2. The summed E-state index contributed by atoms with van der Waals surface area (Å²) in [6.07, 6.45) is 4.00. The van der Waals surface area contributed by atoms with E-state index >= 15 is 0 Å². The van der Waals surface area contributed by atoms with Crippen LogP contribution in [0.25, 0.3) is 0 Å². The van der Waals surface area contributed by atoms with E-state index in [0.29, 0.717) is 25.6 Å². The van der Waals surface area contributed by atoms with E-state index in [2.05, 4.69) is 71.7 Å². The predicted octanol–water partition coefficient (Wildman–Crippen LogP) is 4.61. The summed E-state index contributed by atoms with van der Waals surface area (Å²) in [4.78, 5) is 30.2. The maximum atomic E-state index is 13.6. The molecule has 1 N–H and O–H groups in total. The highest BCUT2D eigenvalue weighted by Crippen LogP contribution is 2.33. The van der Waals surface area contributed by atoms with Gasteiger partial charge < -0.3 is 15.1 Å². The minimum absolute atomic E-state index is 0.0609. The number of hydrogen-bond donors (Lipinski definition) is 1. The molecule has 5 nitrogen and oxygen atoms in total. The quantitative estimate of drug-likeness (QED) is 0.728. The van der Waals surface area contributed by atoms with Crippen molar-refractivity contribution in [3.05, 3.63) is 71.3 Å². The summed E-state index contributed by atoms with van der Waals surface area (Å²) in [5, 5.41) is 2.93. The minimum atomic E-state index is -0.141. The Morgan fingerprint density at radius 3 is 2.42 bits per heavy atom. The van der Waals surface area contributed by atoms with E-state index in [-0.39, 0.29) is 23.8 Å². The van der Waals surface area contributed by atoms with Crippen LogP contribution in [0.5, 0.6) is 0 Å². The van der Waals surface area contributed by atoms with Gasteiger partial charge in [0.1, 0.15) is 0 Å². The molecule has 2 saturated heterocycles. The van der Waals surface area contributed by atoms with Gasteiger partial charge in [-0.1, -0.05) is 60.2 Å². The lowest BCUT2D eigenvalue weighted by Crippen LogP contribution is -2.52. The molecule has 2 aromatic carbocycles. The fourth-order valence-corrected chi connectivity index (χ4v) is 5.44. The second-order valence-corrected chi connectivity index (χ2v) is 9.74. The second kappa shape index (κ2) is 10.9. The topological polar surface area (TPSA) is 52.7 Å². The maximum absolute atomic E-state index is 13.6. The molecule has 3 amide bonds. The van der Waals surface area contributed by atoms with Crippen molar-refractivity contribution in [2.24, 2.45) is 11.8 Å². The van der Waals surface area contributed by atoms with Gasteiger partial charge in [-0.3, -0.25) is 4.79 Å². The summed E-state index contributed by atoms with van der Waals surface area (Å²) in [5.41, 5.74) is 3.82. The Balaban J connectivity index is 1.41. The molecule has 33 heavy (non-hydrogen) atoms. The molecule has 0 aromatic heterocycles. The zero-order valence-electron chi connectivity index (χ0n) is 20.0. The van der Waals surface area contributed by atoms with Gasteiger partial charge in [-0.15, -0.1) is 0 Å². The Kier molecular flexibility index (Phi) is 7.69. The Bertz CT molecular complexity index is 937. The highest BCUT2D eigenvalue weighted by Gasteiger charge is 2.37. The van der Waals surface area contributed by atoms with Crippen LogP contribution in [0.15, 0.2) is 54.6 Å². The molecule has 0 bridgehead atoms. The van der Waals surface area contributed by atoms with E-state index in [4.69, 9.17) is 0 Å². The molecular formula is C28H37N3O2. The number of urea groups is 1. The molecule has 5 heteroatoms. The monoisotopic (exact) mass is 447 g/mol. The highest BCUT2D eigenvalue weighted by molar-refractivity contribution is 5.81. The maximum Gasteiger partial charge on any atom is 0.317 e. The van der Waals surface area contributed by atoms with Crippen molar-refractivity contribution in [1.82, 2.24) is 15.1 Å². The molecule has 0 radical (unpaired) electrons. The van der Waals surface area contributed by atoms with Gasteiger partial charge in [0.05, 0.1) is 5.92 Å². The molecule has 2 unspecified atom stereocenters. The largest absolute Gasteiger partial charge is 0.342 e. The van der Waals surface area contributed by atoms with Gasteiger partial charge in [0.25, 0.3) is 0 Å². The van der Waals surface area contributed by atoms with Crippen LogP contribution in [0.3, 0.4) is 0 Å². The van der Waals surface area contributed by atoms with Gasteiger partial charge in [-0.2, -0.15) is 0 Å². The van der Waals surface area contributed by atoms with Crippen LogP contribution in [-0.2, 0) is 11.2 Å². The number of aryl methyl sites for hydroxylation is 1. The van der Waals surface area contributed by atoms with Crippen molar-refractivity contribution >= 4 is 11.9 Å². The van der Waals surface area contributed by atoms with Crippen LogP contribution in [0.4, 0.5) is 4.79 Å². The van der Waals surface area contributed by atoms with Gasteiger partial charge in [0.15, 0.2) is 0 Å². The Hall–Kier alpha value is -2.82. The zero-order valence-corrected chi connectivity index (χ0v) is 20.0. The standard InChI is InChI=1S/C28H37N3O2/c1-3-29-28(33)31-19-25(24-11-7-8-21(2)16-24)18-26(20-31)27(32)30-14-12-23(13-15-30)17-22-9-5-4-6-10-22/h4-11,16,23,25-26H,3,12-15,17-20H2,1-2H3,(H,29,33). The highest BCUT2D eigenvalue weighted by atomic mass is 16.2. The molecule has 2 atom stereocenters. The summed E-state index contributed by atoms with van der Waals surface area (Å²) in [5.74, 6) is 0.901. The second-order valence-electron chi connectivity index (χ2n) is 9.74. The van der Waals surface area contributed by atoms with Crippen LogP contribution in [0, 0.1) is 18.8 Å². The Morgan fingerprint density at radius 2 is 1.73 bits per heavy atom. The third-order valence-electron chi connectivity index (χ3n) is 7.22. The summed E-state index contributed by atoms with van der Waals surface area (Å²) < 4.78 is 0. The first-order valence-electron chi connectivity index (χ1n) is 12.5. The van der Waals surface area contributed by atoms with Gasteiger partial charge in [-0.25, -0.2) is 4.79 Å². The van der Waals surface area contributed by atoms with Gasteiger partial charge in [0.2, 0.25) is 5.91 Å². The number of hydrogen-bond acceptors (Lipinski definition) is 2. The Labute approximate surface area is 198 Å². The number of carbonyl (C=O) groups is 2. The van der Waals surface area contributed by atoms with E-state index in [9.17, 15) is 9.59 Å². The number of piperidine rings is 2. The van der Waals surface area contributed by atoms with Crippen molar-refractivity contribution in [3.63, 3.8) is 0 Å². The molecule has 0 spiro atoms. The van der Waals surface area contributed by atoms with Gasteiger partial charge >= 0.3 is 6.03 Å². The molecule has 2 aliphatic rings. The first kappa shape index (κ1) is 23.3. The minimum Gasteiger partial charge on any atom is -0.342 e. The third kappa shape index (κ3) is 5.95. The van der Waals surface area contributed by atoms with Gasteiger partial charge in [0, 0.05) is 38.6 Å². The number of amides is 3. The zero-order chi connectivity index (χ0) is 23.2. The lowest BCUT2D eigenvalue weighted by molar-refractivity contribution is -0.138. The molecule has 0 saturated carbocycles. The average Bonchev–Trinajstić information content (AvgIpc) is 2.84. The van der Waals surface area contributed by atoms with Crippen LogP contribution in [0.1, 0.15) is 48.8 Å². The fourth-order valence-electron chi connectivity index (χ4n) is 5.44.